The largest absolute Gasteiger partial charge is 0.361 e. The smallest absolute Gasteiger partial charge is 0.344 e. The molecule has 0 spiro atoms. The molecule has 3 rings (SSSR count). The Morgan fingerprint density at radius 2 is 1.14 bits per heavy atom. The van der Waals surface area contributed by atoms with Crippen LogP contribution in [0.2, 0.25) is 0 Å². The van der Waals surface area contributed by atoms with Crippen molar-refractivity contribution in [3.05, 3.63) is 60.2 Å². The molecule has 1 aliphatic heterocycles. The van der Waals surface area contributed by atoms with Crippen LogP contribution in [0.4, 0.5) is 11.4 Å². The molecule has 5 nitrogen and oxygen atoms in total. The van der Waals surface area contributed by atoms with E-state index >= 15 is 0 Å². The van der Waals surface area contributed by atoms with E-state index in [1.54, 1.807) is 6.07 Å². The highest BCUT2D eigenvalue weighted by Gasteiger charge is 2.41. The summed E-state index contributed by atoms with van der Waals surface area (Å²) in [6, 6.07) is 17.6. The quantitative estimate of drug-likeness (QED) is 0.160. The first kappa shape index (κ1) is 28.5. The van der Waals surface area contributed by atoms with Gasteiger partial charge >= 0.3 is 10.3 Å². The van der Waals surface area contributed by atoms with E-state index in [0.717, 1.165) is 24.1 Å². The van der Waals surface area contributed by atoms with Gasteiger partial charge in [0.05, 0.1) is 11.4 Å². The molecule has 1 atom stereocenters. The number of para-hydroxylation sites is 2. The van der Waals surface area contributed by atoms with Crippen LogP contribution >= 0.6 is 0 Å². The number of rotatable bonds is 18. The zero-order chi connectivity index (χ0) is 25.6. The van der Waals surface area contributed by atoms with Gasteiger partial charge in [0, 0.05) is 6.54 Å². The SMILES string of the molecule is CCCCCCCCCCCCCCCCC1N(Cc2ccccc2)c2ccccc2N1S(=O)(=O)O. The molecule has 1 unspecified atom stereocenters. The Bertz CT molecular complexity index is 981. The van der Waals surface area contributed by atoms with Gasteiger partial charge in [0.1, 0.15) is 6.17 Å². The topological polar surface area (TPSA) is 60.9 Å². The fraction of sp³-hybridized carbons (Fsp3) is 0.600. The molecule has 0 aromatic heterocycles. The van der Waals surface area contributed by atoms with Crippen LogP contribution in [0.1, 0.15) is 109 Å². The van der Waals surface area contributed by atoms with E-state index in [0.29, 0.717) is 18.7 Å². The van der Waals surface area contributed by atoms with Gasteiger partial charge in [-0.2, -0.15) is 8.42 Å². The fourth-order valence-corrected chi connectivity index (χ4v) is 6.31. The third-order valence-electron chi connectivity index (χ3n) is 7.32. The van der Waals surface area contributed by atoms with Crippen LogP contribution in [-0.2, 0) is 16.8 Å². The maximum Gasteiger partial charge on any atom is 0.361 e. The second kappa shape index (κ2) is 15.3. The second-order valence-corrected chi connectivity index (χ2v) is 11.5. The van der Waals surface area contributed by atoms with Gasteiger partial charge in [0.2, 0.25) is 0 Å². The van der Waals surface area contributed by atoms with E-state index in [1.807, 2.05) is 36.4 Å². The minimum Gasteiger partial charge on any atom is -0.344 e. The first-order valence-corrected chi connectivity index (χ1v) is 15.6. The van der Waals surface area contributed by atoms with Crippen molar-refractivity contribution >= 4 is 21.7 Å². The maximum absolute atomic E-state index is 12.4. The molecule has 2 aromatic carbocycles. The van der Waals surface area contributed by atoms with E-state index in [1.165, 1.54) is 81.4 Å². The fourth-order valence-electron chi connectivity index (χ4n) is 5.38. The van der Waals surface area contributed by atoms with Crippen molar-refractivity contribution in [2.75, 3.05) is 9.21 Å². The van der Waals surface area contributed by atoms with E-state index in [-0.39, 0.29) is 0 Å². The molecule has 0 bridgehead atoms. The lowest BCUT2D eigenvalue weighted by Gasteiger charge is -2.31. The van der Waals surface area contributed by atoms with Gasteiger partial charge in [0.25, 0.3) is 0 Å². The number of benzene rings is 2. The molecule has 1 aliphatic rings. The number of hydrogen-bond donors (Lipinski definition) is 1. The number of unbranched alkanes of at least 4 members (excludes halogenated alkanes) is 13. The zero-order valence-corrected chi connectivity index (χ0v) is 23.0. The summed E-state index contributed by atoms with van der Waals surface area (Å²) < 4.78 is 36.1. The molecule has 1 N–H and O–H groups in total. The molecule has 36 heavy (non-hydrogen) atoms. The Hall–Kier alpha value is -2.05. The molecular weight excluding hydrogens is 468 g/mol. The summed E-state index contributed by atoms with van der Waals surface area (Å²) in [4.78, 5) is 2.13. The van der Waals surface area contributed by atoms with Gasteiger partial charge in [-0.05, 0) is 30.5 Å². The van der Waals surface area contributed by atoms with Crippen LogP contribution in [0.15, 0.2) is 54.6 Å². The lowest BCUT2D eigenvalue weighted by atomic mass is 10.0. The average molecular weight is 515 g/mol. The van der Waals surface area contributed by atoms with Crippen molar-refractivity contribution in [2.45, 2.75) is 116 Å². The monoisotopic (exact) mass is 514 g/mol. The first-order chi connectivity index (χ1) is 17.5. The summed E-state index contributed by atoms with van der Waals surface area (Å²) in [5.74, 6) is 0. The summed E-state index contributed by atoms with van der Waals surface area (Å²) in [5.41, 5.74) is 2.54. The standard InChI is InChI=1S/C30H46N2O3S/c1-2-3-4-5-6-7-8-9-10-11-12-13-14-18-25-30-31(26-27-21-16-15-17-22-27)28-23-19-20-24-29(28)32(30)36(33,34)35/h15-17,19-24,30H,2-14,18,25-26H2,1H3,(H,33,34,35). The summed E-state index contributed by atoms with van der Waals surface area (Å²) in [5, 5.41) is 0. The summed E-state index contributed by atoms with van der Waals surface area (Å²) in [6.45, 7) is 2.87. The summed E-state index contributed by atoms with van der Waals surface area (Å²) in [7, 11) is -4.37. The number of anilines is 2. The number of nitrogens with zero attached hydrogens (tertiary/aromatic N) is 2. The summed E-state index contributed by atoms with van der Waals surface area (Å²) >= 11 is 0. The van der Waals surface area contributed by atoms with Crippen molar-refractivity contribution < 1.29 is 13.0 Å². The second-order valence-electron chi connectivity index (χ2n) is 10.2. The Kier molecular flexibility index (Phi) is 12.1. The van der Waals surface area contributed by atoms with Gasteiger partial charge in [-0.1, -0.05) is 133 Å². The molecule has 1 heterocycles. The molecule has 0 saturated carbocycles. The highest BCUT2D eigenvalue weighted by molar-refractivity contribution is 7.87. The van der Waals surface area contributed by atoms with Crippen molar-refractivity contribution in [3.8, 4) is 0 Å². The molecule has 0 radical (unpaired) electrons. The molecular formula is C30H46N2O3S. The van der Waals surface area contributed by atoms with Crippen molar-refractivity contribution in [3.63, 3.8) is 0 Å². The molecule has 0 fully saturated rings. The normalized spacial score (nSPS) is 15.4. The van der Waals surface area contributed by atoms with E-state index < -0.39 is 16.5 Å². The van der Waals surface area contributed by atoms with Gasteiger partial charge in [-0.15, -0.1) is 0 Å². The first-order valence-electron chi connectivity index (χ1n) is 14.2. The number of hydrogen-bond acceptors (Lipinski definition) is 3. The molecule has 0 saturated heterocycles. The average Bonchev–Trinajstić information content (AvgIpc) is 3.18. The maximum atomic E-state index is 12.4. The molecule has 0 amide bonds. The number of fused-ring (bicyclic) bond motifs is 1. The highest BCUT2D eigenvalue weighted by Crippen LogP contribution is 2.43. The summed E-state index contributed by atoms with van der Waals surface area (Å²) in [6.07, 6.45) is 18.4. The minimum absolute atomic E-state index is 0.407. The van der Waals surface area contributed by atoms with Gasteiger partial charge in [-0.25, -0.2) is 4.31 Å². The Morgan fingerprint density at radius 3 is 1.67 bits per heavy atom. The highest BCUT2D eigenvalue weighted by atomic mass is 32.2. The predicted octanol–water partition coefficient (Wildman–Crippen LogP) is 8.51. The van der Waals surface area contributed by atoms with Gasteiger partial charge in [-0.3, -0.25) is 4.55 Å². The lowest BCUT2D eigenvalue weighted by Crippen LogP contribution is -2.45. The van der Waals surface area contributed by atoms with Crippen molar-refractivity contribution in [1.82, 2.24) is 0 Å². The van der Waals surface area contributed by atoms with E-state index in [2.05, 4.69) is 24.0 Å². The van der Waals surface area contributed by atoms with E-state index in [9.17, 15) is 13.0 Å². The molecule has 2 aromatic rings. The lowest BCUT2D eigenvalue weighted by molar-refractivity contribution is 0.456. The van der Waals surface area contributed by atoms with Gasteiger partial charge in [0.15, 0.2) is 0 Å². The molecule has 0 aliphatic carbocycles. The Labute approximate surface area is 219 Å². The third kappa shape index (κ3) is 8.81. The predicted molar refractivity (Wildman–Crippen MR) is 152 cm³/mol. The van der Waals surface area contributed by atoms with Crippen LogP contribution in [-0.4, -0.2) is 19.1 Å². The van der Waals surface area contributed by atoms with E-state index in [4.69, 9.17) is 0 Å². The molecule has 200 valence electrons. The molecule has 6 heteroatoms. The van der Waals surface area contributed by atoms with Crippen LogP contribution in [0.5, 0.6) is 0 Å². The van der Waals surface area contributed by atoms with Crippen LogP contribution < -0.4 is 9.21 Å². The minimum atomic E-state index is -4.37. The zero-order valence-electron chi connectivity index (χ0n) is 22.2. The third-order valence-corrected chi connectivity index (χ3v) is 8.26. The van der Waals surface area contributed by atoms with Gasteiger partial charge < -0.3 is 4.90 Å². The Balaban J connectivity index is 1.43. The Morgan fingerprint density at radius 1 is 0.667 bits per heavy atom. The van der Waals surface area contributed by atoms with Crippen molar-refractivity contribution in [1.29, 1.82) is 0 Å². The van der Waals surface area contributed by atoms with Crippen LogP contribution in [0.3, 0.4) is 0 Å². The van der Waals surface area contributed by atoms with Crippen LogP contribution in [0.25, 0.3) is 0 Å². The van der Waals surface area contributed by atoms with Crippen LogP contribution in [0, 0.1) is 0 Å². The van der Waals surface area contributed by atoms with Crippen molar-refractivity contribution in [2.24, 2.45) is 0 Å².